The van der Waals surface area contributed by atoms with Crippen LogP contribution in [0.4, 0.5) is 13.2 Å². The summed E-state index contributed by atoms with van der Waals surface area (Å²) < 4.78 is 41.6. The van der Waals surface area contributed by atoms with Crippen molar-refractivity contribution in [2.45, 2.75) is 229 Å². The third-order valence-electron chi connectivity index (χ3n) is 21.3. The van der Waals surface area contributed by atoms with Crippen LogP contribution in [0.5, 0.6) is 0 Å². The Balaban J connectivity index is 1.27. The van der Waals surface area contributed by atoms with E-state index in [2.05, 4.69) is 16.0 Å². The molecule has 1 aromatic rings. The molecule has 3 saturated heterocycles. The number of alkyl halides is 3. The summed E-state index contributed by atoms with van der Waals surface area (Å²) >= 11 is 6.15. The Morgan fingerprint density at radius 3 is 1.82 bits per heavy atom. The predicted molar refractivity (Wildman–Crippen MR) is 360 cm³/mol. The summed E-state index contributed by atoms with van der Waals surface area (Å²) in [6, 6.07) is -5.52. The van der Waals surface area contributed by atoms with Crippen molar-refractivity contribution >= 4 is 82.5 Å². The molecule has 0 aromatic heterocycles. The minimum absolute atomic E-state index is 0.0231. The molecule has 3 heterocycles. The lowest BCUT2D eigenvalue weighted by molar-refractivity contribution is -0.157. The first-order valence-corrected chi connectivity index (χ1v) is 35.8. The fourth-order valence-electron chi connectivity index (χ4n) is 15.4. The van der Waals surface area contributed by atoms with Crippen LogP contribution < -0.4 is 16.0 Å². The lowest BCUT2D eigenvalue weighted by Gasteiger charge is -2.43. The van der Waals surface area contributed by atoms with Crippen LogP contribution in [0.2, 0.25) is 5.02 Å². The summed E-state index contributed by atoms with van der Waals surface area (Å²) in [5.74, 6) is -8.28. The van der Waals surface area contributed by atoms with E-state index in [1.165, 1.54) is 86.8 Å². The van der Waals surface area contributed by atoms with Gasteiger partial charge in [0, 0.05) is 69.0 Å². The Labute approximate surface area is 580 Å². The molecular weight excluding hydrogens is 1290 g/mol. The normalized spacial score (nSPS) is 26.9. The molecular formula is C70H106ClF3N12O12. The number of carbonyl (C=O) groups excluding carboxylic acids is 12. The van der Waals surface area contributed by atoms with Crippen molar-refractivity contribution in [2.75, 3.05) is 88.6 Å². The van der Waals surface area contributed by atoms with Gasteiger partial charge in [-0.05, 0) is 126 Å². The van der Waals surface area contributed by atoms with E-state index in [0.717, 1.165) is 84.6 Å². The second-order valence-corrected chi connectivity index (χ2v) is 29.4. The van der Waals surface area contributed by atoms with E-state index < -0.39 is 167 Å². The topological polar surface area (TPSA) is 270 Å². The number of amides is 12. The van der Waals surface area contributed by atoms with Crippen molar-refractivity contribution < 1.29 is 70.7 Å². The molecule has 6 fully saturated rings. The number of aryl methyl sites for hydroxylation is 1. The lowest BCUT2D eigenvalue weighted by Crippen LogP contribution is -2.65. The minimum Gasteiger partial charge on any atom is -0.343 e. The van der Waals surface area contributed by atoms with Crippen LogP contribution >= 0.6 is 11.6 Å². The number of benzene rings is 1. The van der Waals surface area contributed by atoms with Crippen molar-refractivity contribution in [1.82, 2.24) is 60.0 Å². The van der Waals surface area contributed by atoms with Crippen LogP contribution in [-0.2, 0) is 70.1 Å². The van der Waals surface area contributed by atoms with Gasteiger partial charge < -0.3 is 60.0 Å². The van der Waals surface area contributed by atoms with Gasteiger partial charge in [0.05, 0.1) is 36.6 Å². The Morgan fingerprint density at radius 2 is 1.20 bits per heavy atom. The first kappa shape index (κ1) is 78.3. The number of fused-ring (bicyclic) bond motifs is 1. The average Bonchev–Trinajstić information content (AvgIpc) is 1.41. The van der Waals surface area contributed by atoms with Crippen LogP contribution in [0, 0.1) is 17.8 Å². The monoisotopic (exact) mass is 1400 g/mol. The largest absolute Gasteiger partial charge is 0.417 e. The van der Waals surface area contributed by atoms with Crippen LogP contribution in [0.1, 0.15) is 180 Å². The average molecular weight is 1400 g/mol. The van der Waals surface area contributed by atoms with Crippen LogP contribution in [0.3, 0.4) is 0 Å². The predicted octanol–water partition coefficient (Wildman–Crippen LogP) is 5.40. The maximum absolute atomic E-state index is 15.7. The van der Waals surface area contributed by atoms with Gasteiger partial charge in [0.2, 0.25) is 70.9 Å². The van der Waals surface area contributed by atoms with Crippen molar-refractivity contribution in [2.24, 2.45) is 17.8 Å². The molecule has 3 aliphatic heterocycles. The maximum Gasteiger partial charge on any atom is 0.417 e. The summed E-state index contributed by atoms with van der Waals surface area (Å²) in [5.41, 5.74) is -2.33. The zero-order chi connectivity index (χ0) is 72.1. The van der Waals surface area contributed by atoms with Crippen molar-refractivity contribution in [3.05, 3.63) is 34.3 Å². The number of nitrogens with one attached hydrogen (secondary N) is 3. The quantitative estimate of drug-likeness (QED) is 0.281. The molecule has 98 heavy (non-hydrogen) atoms. The molecule has 28 heteroatoms. The zero-order valence-corrected chi connectivity index (χ0v) is 59.9. The van der Waals surface area contributed by atoms with Gasteiger partial charge in [0.1, 0.15) is 47.8 Å². The molecule has 0 radical (unpaired) electrons. The first-order valence-electron chi connectivity index (χ1n) is 35.4. The molecule has 24 nitrogen and oxygen atoms in total. The number of piperidine rings is 1. The number of halogens is 4. The molecule has 1 aromatic carbocycles. The fourth-order valence-corrected chi connectivity index (χ4v) is 15.7. The smallest absolute Gasteiger partial charge is 0.343 e. The standard InChI is InChI=1S/C70H106ClF3N12O12/c1-44(2)37-53-61(91)75-45(3)63(93)80(6)42-58(89)78(4)43-59(90)82(8)54(39-46-23-14-11-15-24-46)65(95)79(5)41-56(87)76-51(31-29-47-28-30-49(50(71)38-47)70(72,73)74)64(94)86-36-22-27-52(86)62(92)77-69(32-18-19-33-69)68(98)84(10)60(48-25-16-12-17-26-48)67(97)83(9)55(40-57(88)81(53)7)66(96)85-34-20-13-21-35-85/h28,30,38,44-46,48,51-55,60H,11-27,29,31-37,39-43H2,1-10H3,(H,75,91)(H,76,87)(H,77,92)/t45-,51-,52?,53-,54-,55-,60-/m0/s1. The lowest BCUT2D eigenvalue weighted by atomic mass is 9.81. The highest BCUT2D eigenvalue weighted by molar-refractivity contribution is 6.31. The fraction of sp³-hybridized carbons (Fsp3) is 0.743. The van der Waals surface area contributed by atoms with Gasteiger partial charge in [-0.1, -0.05) is 95.7 Å². The van der Waals surface area contributed by atoms with E-state index in [1.807, 2.05) is 13.8 Å². The number of rotatable bonds is 9. The van der Waals surface area contributed by atoms with E-state index in [9.17, 15) is 46.7 Å². The van der Waals surface area contributed by atoms with Crippen molar-refractivity contribution in [1.29, 1.82) is 0 Å². The van der Waals surface area contributed by atoms with E-state index >= 15 is 24.0 Å². The summed E-state index contributed by atoms with van der Waals surface area (Å²) in [6.45, 7) is 4.27. The second-order valence-electron chi connectivity index (χ2n) is 29.0. The third-order valence-corrected chi connectivity index (χ3v) is 21.6. The minimum atomic E-state index is -4.76. The van der Waals surface area contributed by atoms with Gasteiger partial charge in [0.15, 0.2) is 0 Å². The summed E-state index contributed by atoms with van der Waals surface area (Å²) in [6.07, 6.45) is 6.74. The van der Waals surface area contributed by atoms with E-state index in [1.54, 1.807) is 4.90 Å². The van der Waals surface area contributed by atoms with Gasteiger partial charge in [-0.3, -0.25) is 57.5 Å². The van der Waals surface area contributed by atoms with E-state index in [0.29, 0.717) is 63.6 Å². The highest BCUT2D eigenvalue weighted by Crippen LogP contribution is 2.38. The molecule has 546 valence electrons. The van der Waals surface area contributed by atoms with Crippen LogP contribution in [-0.4, -0.2) is 251 Å². The number of carbonyl (C=O) groups is 12. The Kier molecular flexibility index (Phi) is 27.8. The first-order chi connectivity index (χ1) is 46.2. The molecule has 1 unspecified atom stereocenters. The van der Waals surface area contributed by atoms with Crippen molar-refractivity contribution in [3.8, 4) is 0 Å². The molecule has 6 aliphatic rings. The second kappa shape index (κ2) is 34.8. The van der Waals surface area contributed by atoms with Gasteiger partial charge >= 0.3 is 6.18 Å². The Morgan fingerprint density at radius 1 is 0.612 bits per heavy atom. The molecule has 3 aliphatic carbocycles. The number of hydrogen-bond donors (Lipinski definition) is 3. The van der Waals surface area contributed by atoms with Gasteiger partial charge in [-0.15, -0.1) is 0 Å². The van der Waals surface area contributed by atoms with Crippen molar-refractivity contribution in [3.63, 3.8) is 0 Å². The number of likely N-dealkylation sites (N-methyl/N-ethyl adjacent to an activating group) is 7. The molecule has 3 saturated carbocycles. The summed E-state index contributed by atoms with van der Waals surface area (Å²) in [4.78, 5) is 189. The molecule has 12 amide bonds. The summed E-state index contributed by atoms with van der Waals surface area (Å²) in [5, 5.41) is 7.99. The van der Waals surface area contributed by atoms with Crippen LogP contribution in [0.15, 0.2) is 18.2 Å². The maximum atomic E-state index is 15.7. The third kappa shape index (κ3) is 19.7. The summed E-state index contributed by atoms with van der Waals surface area (Å²) in [7, 11) is 9.93. The highest BCUT2D eigenvalue weighted by atomic mass is 35.5. The van der Waals surface area contributed by atoms with E-state index in [-0.39, 0.29) is 63.3 Å². The highest BCUT2D eigenvalue weighted by Gasteiger charge is 2.51. The Hall–Kier alpha value is -7.06. The number of hydrogen-bond acceptors (Lipinski definition) is 12. The van der Waals surface area contributed by atoms with Crippen LogP contribution in [0.25, 0.3) is 0 Å². The molecule has 7 atom stereocenters. The number of nitrogens with zero attached hydrogens (tertiary/aromatic N) is 9. The van der Waals surface area contributed by atoms with Gasteiger partial charge in [-0.25, -0.2) is 0 Å². The molecule has 1 spiro atoms. The molecule has 0 bridgehead atoms. The molecule has 7 rings (SSSR count). The number of likely N-dealkylation sites (tertiary alicyclic amines) is 1. The van der Waals surface area contributed by atoms with Gasteiger partial charge in [0.25, 0.3) is 0 Å². The Bertz CT molecular complexity index is 3060. The van der Waals surface area contributed by atoms with Gasteiger partial charge in [-0.2, -0.15) is 13.2 Å². The SMILES string of the molecule is CC(C)C[C@H]1C(=O)N[C@@H](C)C(=O)N(C)CC(=O)N(C)CC(=O)N(C)[C@@H](CC2CCCCC2)C(=O)N(C)CC(=O)N[C@@H](CCc2ccc(C(F)(F)F)c(Cl)c2)C(=O)N2CCCC2C(=O)NC2(CCCC2)C(=O)N(C)[C@@H](C2CCCCC2)C(=O)N(C)[C@H](C(=O)N2CCCCC2)CC(=O)N1C. The zero-order valence-electron chi connectivity index (χ0n) is 59.2. The molecule has 3 N–H and O–H groups in total. The van der Waals surface area contributed by atoms with E-state index in [4.69, 9.17) is 11.6 Å².